The van der Waals surface area contributed by atoms with Gasteiger partial charge in [-0.25, -0.2) is 0 Å². The van der Waals surface area contributed by atoms with Crippen LogP contribution in [-0.4, -0.2) is 33.4 Å². The molecule has 1 aliphatic heterocycles. The van der Waals surface area contributed by atoms with Crippen LogP contribution >= 0.6 is 0 Å². The number of carboxylic acid groups (broad SMARTS) is 1. The lowest BCUT2D eigenvalue weighted by Crippen LogP contribution is -2.41. The lowest BCUT2D eigenvalue weighted by atomic mass is 9.97. The number of likely N-dealkylation sites (tertiary alicyclic amines) is 1. The summed E-state index contributed by atoms with van der Waals surface area (Å²) in [6, 6.07) is 9.71. The summed E-state index contributed by atoms with van der Waals surface area (Å²) in [5.41, 5.74) is 1.91. The molecule has 1 aromatic heterocycles. The number of nitrogens with zero attached hydrogens (tertiary/aromatic N) is 2. The second-order valence-corrected chi connectivity index (χ2v) is 5.38. The third-order valence-corrected chi connectivity index (χ3v) is 3.89. The van der Waals surface area contributed by atoms with Crippen LogP contribution in [0.5, 0.6) is 0 Å². The van der Waals surface area contributed by atoms with Gasteiger partial charge in [0.25, 0.3) is 0 Å². The molecule has 2 heterocycles. The van der Waals surface area contributed by atoms with Gasteiger partial charge in [-0.3, -0.25) is 14.6 Å². The van der Waals surface area contributed by atoms with Crippen LogP contribution < -0.4 is 0 Å². The van der Waals surface area contributed by atoms with Crippen molar-refractivity contribution in [2.45, 2.75) is 19.4 Å². The Kier molecular flexibility index (Phi) is 3.56. The first-order valence-corrected chi connectivity index (χ1v) is 6.98. The van der Waals surface area contributed by atoms with E-state index < -0.39 is 11.9 Å². The number of hydrogen-bond acceptors (Lipinski definition) is 3. The van der Waals surface area contributed by atoms with Gasteiger partial charge in [0.05, 0.1) is 11.4 Å². The van der Waals surface area contributed by atoms with Crippen molar-refractivity contribution in [1.29, 1.82) is 0 Å². The van der Waals surface area contributed by atoms with Gasteiger partial charge in [0.1, 0.15) is 0 Å². The number of fused-ring (bicyclic) bond motifs is 1. The Labute approximate surface area is 122 Å². The summed E-state index contributed by atoms with van der Waals surface area (Å²) in [4.78, 5) is 28.9. The minimum Gasteiger partial charge on any atom is -0.481 e. The van der Waals surface area contributed by atoms with E-state index >= 15 is 0 Å². The van der Waals surface area contributed by atoms with E-state index in [9.17, 15) is 9.59 Å². The maximum absolute atomic E-state index is 12.0. The van der Waals surface area contributed by atoms with E-state index in [1.807, 2.05) is 30.3 Å². The van der Waals surface area contributed by atoms with Crippen LogP contribution in [0.15, 0.2) is 36.5 Å². The molecular weight excluding hydrogens is 268 g/mol. The van der Waals surface area contributed by atoms with Gasteiger partial charge in [0.2, 0.25) is 5.91 Å². The maximum Gasteiger partial charge on any atom is 0.308 e. The lowest BCUT2D eigenvalue weighted by Gasteiger charge is -2.30. The molecule has 5 nitrogen and oxygen atoms in total. The van der Waals surface area contributed by atoms with E-state index in [4.69, 9.17) is 5.11 Å². The second-order valence-electron chi connectivity index (χ2n) is 5.38. The fraction of sp³-hybridized carbons (Fsp3) is 0.312. The highest BCUT2D eigenvalue weighted by molar-refractivity contribution is 5.81. The number of amides is 1. The monoisotopic (exact) mass is 284 g/mol. The molecule has 1 saturated heterocycles. The standard InChI is InChI=1S/C16H16N2O3/c19-15-6-4-13(16(20)21)10-18(15)9-11-3-5-14-12(8-11)2-1-7-17-14/h1-3,5,7-8,13H,4,6,9-10H2,(H,20,21). The van der Waals surface area contributed by atoms with Gasteiger partial charge in [-0.2, -0.15) is 0 Å². The van der Waals surface area contributed by atoms with Gasteiger partial charge in [0, 0.05) is 31.1 Å². The van der Waals surface area contributed by atoms with Crippen molar-refractivity contribution in [3.63, 3.8) is 0 Å². The van der Waals surface area contributed by atoms with Gasteiger partial charge >= 0.3 is 5.97 Å². The summed E-state index contributed by atoms with van der Waals surface area (Å²) >= 11 is 0. The Morgan fingerprint density at radius 2 is 2.24 bits per heavy atom. The van der Waals surface area contributed by atoms with Gasteiger partial charge in [-0.05, 0) is 30.2 Å². The Bertz CT molecular complexity index is 699. The molecule has 1 fully saturated rings. The second kappa shape index (κ2) is 5.52. The fourth-order valence-electron chi connectivity index (χ4n) is 2.71. The first kappa shape index (κ1) is 13.5. The largest absolute Gasteiger partial charge is 0.481 e. The van der Waals surface area contributed by atoms with Crippen LogP contribution in [0.4, 0.5) is 0 Å². The summed E-state index contributed by atoms with van der Waals surface area (Å²) in [6.07, 6.45) is 2.49. The van der Waals surface area contributed by atoms with E-state index in [0.29, 0.717) is 25.9 Å². The minimum atomic E-state index is -0.824. The van der Waals surface area contributed by atoms with Gasteiger partial charge in [-0.15, -0.1) is 0 Å². The Morgan fingerprint density at radius 1 is 1.38 bits per heavy atom. The van der Waals surface area contributed by atoms with E-state index in [2.05, 4.69) is 4.98 Å². The SMILES string of the molecule is O=C(O)C1CCC(=O)N(Cc2ccc3ncccc3c2)C1. The molecule has 2 aromatic rings. The van der Waals surface area contributed by atoms with Crippen molar-refractivity contribution in [2.75, 3.05) is 6.54 Å². The molecule has 0 bridgehead atoms. The van der Waals surface area contributed by atoms with Crippen molar-refractivity contribution in [3.8, 4) is 0 Å². The predicted octanol–water partition coefficient (Wildman–Crippen LogP) is 2.06. The molecule has 0 spiro atoms. The highest BCUT2D eigenvalue weighted by Crippen LogP contribution is 2.21. The highest BCUT2D eigenvalue weighted by Gasteiger charge is 2.29. The van der Waals surface area contributed by atoms with Crippen LogP contribution in [0.1, 0.15) is 18.4 Å². The Hall–Kier alpha value is -2.43. The van der Waals surface area contributed by atoms with E-state index in [-0.39, 0.29) is 5.91 Å². The van der Waals surface area contributed by atoms with E-state index in [1.54, 1.807) is 11.1 Å². The molecule has 3 rings (SSSR count). The smallest absolute Gasteiger partial charge is 0.308 e. The quantitative estimate of drug-likeness (QED) is 0.936. The highest BCUT2D eigenvalue weighted by atomic mass is 16.4. The van der Waals surface area contributed by atoms with E-state index in [0.717, 1.165) is 16.5 Å². The molecule has 1 atom stereocenters. The molecule has 21 heavy (non-hydrogen) atoms. The van der Waals surface area contributed by atoms with Crippen LogP contribution in [0.2, 0.25) is 0 Å². The van der Waals surface area contributed by atoms with Gasteiger partial charge < -0.3 is 10.0 Å². The number of rotatable bonds is 3. The zero-order valence-electron chi connectivity index (χ0n) is 11.5. The first-order valence-electron chi connectivity index (χ1n) is 6.98. The molecular formula is C16H16N2O3. The first-order chi connectivity index (χ1) is 10.1. The zero-order valence-corrected chi connectivity index (χ0v) is 11.5. The summed E-state index contributed by atoms with van der Waals surface area (Å²) in [7, 11) is 0. The van der Waals surface area contributed by atoms with Gasteiger partial charge in [0.15, 0.2) is 0 Å². The number of piperidine rings is 1. The number of carbonyl (C=O) groups excluding carboxylic acids is 1. The Balaban J connectivity index is 1.80. The number of carboxylic acids is 1. The number of aromatic nitrogens is 1. The molecule has 5 heteroatoms. The van der Waals surface area contributed by atoms with Crippen molar-refractivity contribution in [1.82, 2.24) is 9.88 Å². The minimum absolute atomic E-state index is 0.0267. The molecule has 108 valence electrons. The summed E-state index contributed by atoms with van der Waals surface area (Å²) in [5.74, 6) is -1.25. The molecule has 0 aliphatic carbocycles. The van der Waals surface area contributed by atoms with Crippen LogP contribution in [-0.2, 0) is 16.1 Å². The summed E-state index contributed by atoms with van der Waals surface area (Å²) in [5, 5.41) is 10.1. The van der Waals surface area contributed by atoms with Crippen molar-refractivity contribution < 1.29 is 14.7 Å². The normalized spacial score (nSPS) is 19.0. The van der Waals surface area contributed by atoms with Crippen molar-refractivity contribution in [2.24, 2.45) is 5.92 Å². The molecule has 1 aromatic carbocycles. The topological polar surface area (TPSA) is 70.5 Å². The third kappa shape index (κ3) is 2.86. The number of aliphatic carboxylic acids is 1. The van der Waals surface area contributed by atoms with Crippen molar-refractivity contribution >= 4 is 22.8 Å². The lowest BCUT2D eigenvalue weighted by molar-refractivity contribution is -0.147. The number of benzene rings is 1. The average molecular weight is 284 g/mol. The fourth-order valence-corrected chi connectivity index (χ4v) is 2.71. The number of hydrogen-bond donors (Lipinski definition) is 1. The van der Waals surface area contributed by atoms with Crippen LogP contribution in [0, 0.1) is 5.92 Å². The molecule has 1 amide bonds. The average Bonchev–Trinajstić information content (AvgIpc) is 2.49. The van der Waals surface area contributed by atoms with Crippen LogP contribution in [0.25, 0.3) is 10.9 Å². The zero-order chi connectivity index (χ0) is 14.8. The predicted molar refractivity (Wildman–Crippen MR) is 77.5 cm³/mol. The van der Waals surface area contributed by atoms with Crippen LogP contribution in [0.3, 0.4) is 0 Å². The van der Waals surface area contributed by atoms with Crippen molar-refractivity contribution in [3.05, 3.63) is 42.1 Å². The number of carbonyl (C=O) groups is 2. The maximum atomic E-state index is 12.0. The molecule has 0 radical (unpaired) electrons. The summed E-state index contributed by atoms with van der Waals surface area (Å²) in [6.45, 7) is 0.743. The summed E-state index contributed by atoms with van der Waals surface area (Å²) < 4.78 is 0. The number of pyridine rings is 1. The van der Waals surface area contributed by atoms with Gasteiger partial charge in [-0.1, -0.05) is 12.1 Å². The molecule has 0 saturated carbocycles. The van der Waals surface area contributed by atoms with E-state index in [1.165, 1.54) is 0 Å². The third-order valence-electron chi connectivity index (χ3n) is 3.89. The molecule has 1 unspecified atom stereocenters. The molecule has 1 aliphatic rings. The molecule has 1 N–H and O–H groups in total. The Morgan fingerprint density at radius 3 is 3.05 bits per heavy atom.